The lowest BCUT2D eigenvalue weighted by molar-refractivity contribution is 0.300. The third-order valence-corrected chi connectivity index (χ3v) is 6.04. The third kappa shape index (κ3) is 3.18. The summed E-state index contributed by atoms with van der Waals surface area (Å²) in [6.45, 7) is 2.74. The molecule has 1 aromatic carbocycles. The molecule has 0 saturated carbocycles. The van der Waals surface area contributed by atoms with Gasteiger partial charge in [0, 0.05) is 25.4 Å². The van der Waals surface area contributed by atoms with E-state index in [0.717, 1.165) is 12.8 Å². The maximum Gasteiger partial charge on any atom is 0.243 e. The first-order valence-corrected chi connectivity index (χ1v) is 9.31. The summed E-state index contributed by atoms with van der Waals surface area (Å²) in [5, 5.41) is 12.8. The number of nitrogens with zero attached hydrogens (tertiary/aromatic N) is 4. The number of aryl methyl sites for hydroxylation is 1. The Balaban J connectivity index is 1.81. The fourth-order valence-electron chi connectivity index (χ4n) is 2.80. The number of piperidine rings is 1. The lowest BCUT2D eigenvalue weighted by Crippen LogP contribution is -2.39. The fourth-order valence-corrected chi connectivity index (χ4v) is 4.32. The molecule has 1 aliphatic heterocycles. The summed E-state index contributed by atoms with van der Waals surface area (Å²) in [4.78, 5) is 4.53. The molecule has 3 rings (SSSR count). The van der Waals surface area contributed by atoms with Gasteiger partial charge in [-0.3, -0.25) is 0 Å². The minimum Gasteiger partial charge on any atom is -0.339 e. The van der Waals surface area contributed by atoms with Crippen molar-refractivity contribution in [2.24, 2.45) is 0 Å². The second-order valence-electron chi connectivity index (χ2n) is 5.74. The molecule has 8 heteroatoms. The second kappa shape index (κ2) is 6.71. The van der Waals surface area contributed by atoms with Crippen LogP contribution in [0.4, 0.5) is 0 Å². The Bertz CT molecular complexity index is 852. The average molecular weight is 346 g/mol. The van der Waals surface area contributed by atoms with Crippen molar-refractivity contribution in [2.45, 2.75) is 37.0 Å². The van der Waals surface area contributed by atoms with E-state index < -0.39 is 10.0 Å². The van der Waals surface area contributed by atoms with E-state index in [9.17, 15) is 8.42 Å². The number of hydrogen-bond donors (Lipinski definition) is 0. The molecule has 2 heterocycles. The van der Waals surface area contributed by atoms with Crippen molar-refractivity contribution in [3.8, 4) is 6.07 Å². The lowest BCUT2D eigenvalue weighted by Gasteiger charge is -2.30. The molecule has 1 fully saturated rings. The smallest absolute Gasteiger partial charge is 0.243 e. The van der Waals surface area contributed by atoms with E-state index in [4.69, 9.17) is 9.78 Å². The van der Waals surface area contributed by atoms with Crippen molar-refractivity contribution >= 4 is 10.0 Å². The number of hydrogen-bond acceptors (Lipinski definition) is 6. The summed E-state index contributed by atoms with van der Waals surface area (Å²) in [6.07, 6.45) is 2.24. The molecule has 1 aromatic heterocycles. The van der Waals surface area contributed by atoms with E-state index in [2.05, 4.69) is 10.1 Å². The highest BCUT2D eigenvalue weighted by Crippen LogP contribution is 2.29. The van der Waals surface area contributed by atoms with Gasteiger partial charge < -0.3 is 4.52 Å². The SMILES string of the molecule is CCc1nc(C2CCCN(S(=O)(=O)c3ccc(C#N)cc3)C2)no1. The van der Waals surface area contributed by atoms with Crippen LogP contribution in [0.15, 0.2) is 33.7 Å². The number of aromatic nitrogens is 2. The molecule has 126 valence electrons. The van der Waals surface area contributed by atoms with Crippen LogP contribution in [0.1, 0.15) is 43.0 Å². The zero-order chi connectivity index (χ0) is 17.2. The van der Waals surface area contributed by atoms with E-state index in [1.54, 1.807) is 0 Å². The van der Waals surface area contributed by atoms with Crippen molar-refractivity contribution in [3.63, 3.8) is 0 Å². The van der Waals surface area contributed by atoms with Crippen LogP contribution in [0.25, 0.3) is 0 Å². The highest BCUT2D eigenvalue weighted by molar-refractivity contribution is 7.89. The van der Waals surface area contributed by atoms with Gasteiger partial charge in [-0.2, -0.15) is 14.6 Å². The van der Waals surface area contributed by atoms with Crippen LogP contribution in [0, 0.1) is 11.3 Å². The average Bonchev–Trinajstić information content (AvgIpc) is 3.11. The molecule has 0 spiro atoms. The minimum atomic E-state index is -3.59. The molecule has 7 nitrogen and oxygen atoms in total. The summed E-state index contributed by atoms with van der Waals surface area (Å²) in [5.74, 6) is 1.08. The van der Waals surface area contributed by atoms with Crippen LogP contribution in [-0.2, 0) is 16.4 Å². The summed E-state index contributed by atoms with van der Waals surface area (Å²) in [6, 6.07) is 7.96. The Morgan fingerprint density at radius 1 is 1.38 bits per heavy atom. The van der Waals surface area contributed by atoms with Gasteiger partial charge in [0.2, 0.25) is 15.9 Å². The second-order valence-corrected chi connectivity index (χ2v) is 7.68. The van der Waals surface area contributed by atoms with Gasteiger partial charge in [-0.1, -0.05) is 12.1 Å². The van der Waals surface area contributed by atoms with Crippen LogP contribution in [0.3, 0.4) is 0 Å². The molecular formula is C16H18N4O3S. The van der Waals surface area contributed by atoms with E-state index in [-0.39, 0.29) is 10.8 Å². The first-order chi connectivity index (χ1) is 11.5. The Morgan fingerprint density at radius 2 is 2.12 bits per heavy atom. The van der Waals surface area contributed by atoms with Crippen molar-refractivity contribution in [2.75, 3.05) is 13.1 Å². The molecule has 24 heavy (non-hydrogen) atoms. The highest BCUT2D eigenvalue weighted by Gasteiger charge is 2.32. The molecule has 1 atom stereocenters. The highest BCUT2D eigenvalue weighted by atomic mass is 32.2. The number of benzene rings is 1. The standard InChI is InChI=1S/C16H18N4O3S/c1-2-15-18-16(19-23-15)13-4-3-9-20(11-13)24(21,22)14-7-5-12(10-17)6-8-14/h5-8,13H,2-4,9,11H2,1H3. The lowest BCUT2D eigenvalue weighted by atomic mass is 9.99. The van der Waals surface area contributed by atoms with Gasteiger partial charge >= 0.3 is 0 Å². The topological polar surface area (TPSA) is 100 Å². The molecule has 1 unspecified atom stereocenters. The van der Waals surface area contributed by atoms with Crippen molar-refractivity contribution in [1.29, 1.82) is 5.26 Å². The largest absolute Gasteiger partial charge is 0.339 e. The monoisotopic (exact) mass is 346 g/mol. The molecular weight excluding hydrogens is 328 g/mol. The van der Waals surface area contributed by atoms with E-state index >= 15 is 0 Å². The van der Waals surface area contributed by atoms with E-state index in [0.29, 0.717) is 36.8 Å². The Kier molecular flexibility index (Phi) is 4.64. The normalized spacial score (nSPS) is 19.1. The quantitative estimate of drug-likeness (QED) is 0.840. The molecule has 0 amide bonds. The molecule has 2 aromatic rings. The van der Waals surface area contributed by atoms with Gasteiger partial charge in [0.05, 0.1) is 16.5 Å². The zero-order valence-corrected chi connectivity index (χ0v) is 14.2. The maximum atomic E-state index is 12.8. The van der Waals surface area contributed by atoms with Gasteiger partial charge in [0.15, 0.2) is 5.82 Å². The minimum absolute atomic E-state index is 0.0593. The zero-order valence-electron chi connectivity index (χ0n) is 13.3. The van der Waals surface area contributed by atoms with Crippen molar-refractivity contribution in [1.82, 2.24) is 14.4 Å². The summed E-state index contributed by atoms with van der Waals surface area (Å²) in [7, 11) is -3.59. The van der Waals surface area contributed by atoms with Gasteiger partial charge in [0.25, 0.3) is 0 Å². The molecule has 0 radical (unpaired) electrons. The molecule has 1 saturated heterocycles. The fraction of sp³-hybridized carbons (Fsp3) is 0.438. The van der Waals surface area contributed by atoms with Gasteiger partial charge in [-0.25, -0.2) is 8.42 Å². The van der Waals surface area contributed by atoms with Crippen molar-refractivity contribution < 1.29 is 12.9 Å². The molecule has 1 aliphatic rings. The first-order valence-electron chi connectivity index (χ1n) is 7.87. The van der Waals surface area contributed by atoms with Crippen LogP contribution >= 0.6 is 0 Å². The Labute approximate surface area is 141 Å². The number of nitriles is 1. The third-order valence-electron chi connectivity index (χ3n) is 4.16. The van der Waals surface area contributed by atoms with Crippen LogP contribution in [0.5, 0.6) is 0 Å². The first kappa shape index (κ1) is 16.6. The van der Waals surface area contributed by atoms with E-state index in [1.807, 2.05) is 13.0 Å². The molecule has 0 N–H and O–H groups in total. The summed E-state index contributed by atoms with van der Waals surface area (Å²) < 4.78 is 32.2. The van der Waals surface area contributed by atoms with Crippen molar-refractivity contribution in [3.05, 3.63) is 41.5 Å². The summed E-state index contributed by atoms with van der Waals surface area (Å²) in [5.41, 5.74) is 0.435. The van der Waals surface area contributed by atoms with Crippen LogP contribution in [-0.4, -0.2) is 36.0 Å². The molecule has 0 bridgehead atoms. The number of sulfonamides is 1. The predicted octanol–water partition coefficient (Wildman–Crippen LogP) is 2.07. The van der Waals surface area contributed by atoms with Crippen LogP contribution < -0.4 is 0 Å². The van der Waals surface area contributed by atoms with Gasteiger partial charge in [-0.15, -0.1) is 0 Å². The van der Waals surface area contributed by atoms with Crippen LogP contribution in [0.2, 0.25) is 0 Å². The summed E-state index contributed by atoms with van der Waals surface area (Å²) >= 11 is 0. The predicted molar refractivity (Wildman–Crippen MR) is 85.6 cm³/mol. The van der Waals surface area contributed by atoms with Gasteiger partial charge in [-0.05, 0) is 37.1 Å². The molecule has 0 aliphatic carbocycles. The number of rotatable bonds is 4. The Hall–Kier alpha value is -2.24. The maximum absolute atomic E-state index is 12.8. The van der Waals surface area contributed by atoms with E-state index in [1.165, 1.54) is 28.6 Å². The Morgan fingerprint density at radius 3 is 2.75 bits per heavy atom. The van der Waals surface area contributed by atoms with Gasteiger partial charge in [0.1, 0.15) is 0 Å².